The van der Waals surface area contributed by atoms with Crippen LogP contribution in [0, 0.1) is 0 Å². The molecule has 2 aromatic carbocycles. The van der Waals surface area contributed by atoms with Gasteiger partial charge in [-0.3, -0.25) is 4.57 Å². The fraction of sp³-hybridized carbons (Fsp3) is 0.0526. The minimum Gasteiger partial charge on any atom is -0.872 e. The molecule has 4 rings (SSSR count). The maximum Gasteiger partial charge on any atom is 0.343 e. The summed E-state index contributed by atoms with van der Waals surface area (Å²) in [7, 11) is 1.22. The van der Waals surface area contributed by atoms with E-state index in [1.807, 2.05) is 0 Å². The third-order valence-electron chi connectivity index (χ3n) is 4.34. The molecule has 0 unspecified atom stereocenters. The highest BCUT2D eigenvalue weighted by Gasteiger charge is 2.25. The number of ether oxygens (including phenoxy) is 1. The fourth-order valence-electron chi connectivity index (χ4n) is 3.05. The molecule has 9 nitrogen and oxygen atoms in total. The van der Waals surface area contributed by atoms with Crippen molar-refractivity contribution in [1.82, 2.24) is 14.5 Å². The molecule has 0 radical (unpaired) electrons. The second kappa shape index (κ2) is 6.23. The molecule has 0 saturated heterocycles. The first kappa shape index (κ1) is 17.3. The van der Waals surface area contributed by atoms with E-state index in [4.69, 9.17) is 10.5 Å². The second-order valence-electron chi connectivity index (χ2n) is 5.96. The number of hydrogen-bond acceptors (Lipinski definition) is 7. The van der Waals surface area contributed by atoms with Gasteiger partial charge in [0.25, 0.3) is 0 Å². The third-order valence-corrected chi connectivity index (χ3v) is 4.34. The monoisotopic (exact) mass is 377 g/mol. The van der Waals surface area contributed by atoms with Gasteiger partial charge >= 0.3 is 11.9 Å². The number of anilines is 1. The van der Waals surface area contributed by atoms with E-state index < -0.39 is 23.3 Å². The van der Waals surface area contributed by atoms with Gasteiger partial charge in [-0.25, -0.2) is 19.6 Å². The van der Waals surface area contributed by atoms with Crippen molar-refractivity contribution in [2.45, 2.75) is 0 Å². The second-order valence-corrected chi connectivity index (χ2v) is 5.96. The van der Waals surface area contributed by atoms with Gasteiger partial charge in [0.15, 0.2) is 5.65 Å². The van der Waals surface area contributed by atoms with E-state index in [2.05, 4.69) is 9.97 Å². The van der Waals surface area contributed by atoms with Gasteiger partial charge in [0.2, 0.25) is 0 Å². The number of aromatic nitrogens is 3. The molecule has 0 amide bonds. The van der Waals surface area contributed by atoms with Crippen molar-refractivity contribution in [2.24, 2.45) is 0 Å². The molecule has 9 heteroatoms. The van der Waals surface area contributed by atoms with E-state index in [0.717, 1.165) is 6.07 Å². The van der Waals surface area contributed by atoms with E-state index in [1.165, 1.54) is 23.8 Å². The molecule has 0 saturated carbocycles. The highest BCUT2D eigenvalue weighted by Crippen LogP contribution is 2.32. The molecular formula is C19H13N4O5-. The van der Waals surface area contributed by atoms with E-state index in [-0.39, 0.29) is 28.2 Å². The summed E-state index contributed by atoms with van der Waals surface area (Å²) in [6.07, 6.45) is 0. The van der Waals surface area contributed by atoms with E-state index in [1.54, 1.807) is 24.3 Å². The number of nitrogen functional groups attached to an aromatic ring is 1. The minimum absolute atomic E-state index is 0.0128. The predicted octanol–water partition coefficient (Wildman–Crippen LogP) is 1.71. The van der Waals surface area contributed by atoms with Crippen molar-refractivity contribution in [2.75, 3.05) is 12.8 Å². The summed E-state index contributed by atoms with van der Waals surface area (Å²) in [5.41, 5.74) is 7.63. The predicted molar refractivity (Wildman–Crippen MR) is 98.5 cm³/mol. The smallest absolute Gasteiger partial charge is 0.343 e. The van der Waals surface area contributed by atoms with E-state index in [9.17, 15) is 19.8 Å². The Morgan fingerprint density at radius 1 is 1.14 bits per heavy atom. The Balaban J connectivity index is 2.12. The minimum atomic E-state index is -1.37. The number of carboxylic acids is 1. The van der Waals surface area contributed by atoms with Gasteiger partial charge in [-0.15, -0.1) is 0 Å². The molecule has 2 heterocycles. The van der Waals surface area contributed by atoms with Crippen molar-refractivity contribution >= 4 is 40.0 Å². The number of benzene rings is 2. The quantitative estimate of drug-likeness (QED) is 0.514. The van der Waals surface area contributed by atoms with Gasteiger partial charge in [0.05, 0.1) is 23.7 Å². The highest BCUT2D eigenvalue weighted by molar-refractivity contribution is 6.09. The average Bonchev–Trinajstić information content (AvgIpc) is 2.96. The molecule has 140 valence electrons. The normalized spacial score (nSPS) is 11.0. The topological polar surface area (TPSA) is 143 Å². The maximum absolute atomic E-state index is 12.3. The lowest BCUT2D eigenvalue weighted by atomic mass is 10.1. The van der Waals surface area contributed by atoms with Crippen LogP contribution in [0.1, 0.15) is 20.7 Å². The van der Waals surface area contributed by atoms with Crippen molar-refractivity contribution < 1.29 is 24.5 Å². The number of nitrogens with two attached hydrogens (primary N) is 1. The zero-order chi connectivity index (χ0) is 20.0. The Morgan fingerprint density at radius 2 is 1.82 bits per heavy atom. The molecule has 28 heavy (non-hydrogen) atoms. The first-order valence-electron chi connectivity index (χ1n) is 8.12. The number of carboxylic acid groups (broad SMARTS) is 1. The number of hydrogen-bond donors (Lipinski definition) is 2. The first-order valence-corrected chi connectivity index (χ1v) is 8.12. The SMILES string of the molecule is COC(=O)c1c(N)n(-c2ccc([O-])c(C(=O)O)c2)c2nc3ccccc3nc12. The van der Waals surface area contributed by atoms with Crippen LogP contribution in [0.2, 0.25) is 0 Å². The number of nitrogens with zero attached hydrogens (tertiary/aromatic N) is 3. The van der Waals surface area contributed by atoms with Crippen LogP contribution in [0.5, 0.6) is 5.75 Å². The van der Waals surface area contributed by atoms with Crippen molar-refractivity contribution in [1.29, 1.82) is 0 Å². The summed E-state index contributed by atoms with van der Waals surface area (Å²) in [4.78, 5) is 32.7. The first-order chi connectivity index (χ1) is 13.4. The number of fused-ring (bicyclic) bond motifs is 2. The summed E-state index contributed by atoms with van der Waals surface area (Å²) in [6.45, 7) is 0. The standard InChI is InChI=1S/C19H14N4O5/c1-28-19(27)14-15-17(22-12-5-3-2-4-11(12)21-15)23(16(14)20)9-6-7-13(24)10(8-9)18(25)26/h2-8,24H,20H2,1H3,(H,25,26)/p-1. The zero-order valence-electron chi connectivity index (χ0n) is 14.5. The molecule has 0 bridgehead atoms. The van der Waals surface area contributed by atoms with Crippen LogP contribution in [-0.2, 0) is 4.74 Å². The van der Waals surface area contributed by atoms with Crippen LogP contribution >= 0.6 is 0 Å². The Bertz CT molecular complexity index is 1280. The number of methoxy groups -OCH3 is 1. The van der Waals surface area contributed by atoms with Gasteiger partial charge in [-0.1, -0.05) is 23.9 Å². The summed E-state index contributed by atoms with van der Waals surface area (Å²) < 4.78 is 6.21. The largest absolute Gasteiger partial charge is 0.872 e. The number of rotatable bonds is 3. The molecule has 0 fully saturated rings. The Hall–Kier alpha value is -4.14. The molecule has 2 aromatic heterocycles. The Morgan fingerprint density at radius 3 is 2.46 bits per heavy atom. The lowest BCUT2D eigenvalue weighted by Gasteiger charge is -2.14. The highest BCUT2D eigenvalue weighted by atomic mass is 16.5. The van der Waals surface area contributed by atoms with Crippen molar-refractivity contribution in [3.05, 3.63) is 53.6 Å². The fourth-order valence-corrected chi connectivity index (χ4v) is 3.05. The van der Waals surface area contributed by atoms with Crippen LogP contribution in [0.25, 0.3) is 27.9 Å². The van der Waals surface area contributed by atoms with Crippen LogP contribution < -0.4 is 10.8 Å². The molecule has 0 spiro atoms. The van der Waals surface area contributed by atoms with Gasteiger partial charge in [0, 0.05) is 5.69 Å². The number of carbonyl (C=O) groups is 2. The van der Waals surface area contributed by atoms with Crippen molar-refractivity contribution in [3.63, 3.8) is 0 Å². The Kier molecular flexibility index (Phi) is 3.85. The number of esters is 1. The van der Waals surface area contributed by atoms with Crippen LogP contribution in [-0.4, -0.2) is 38.7 Å². The summed E-state index contributed by atoms with van der Waals surface area (Å²) in [5.74, 6) is -2.74. The average molecular weight is 377 g/mol. The van der Waals surface area contributed by atoms with Gasteiger partial charge < -0.3 is 20.7 Å². The van der Waals surface area contributed by atoms with Gasteiger partial charge in [-0.2, -0.15) is 0 Å². The van der Waals surface area contributed by atoms with E-state index in [0.29, 0.717) is 11.0 Å². The molecule has 0 aliphatic heterocycles. The molecule has 4 aromatic rings. The molecule has 0 aliphatic carbocycles. The molecule has 0 aliphatic rings. The summed E-state index contributed by atoms with van der Waals surface area (Å²) in [5, 5.41) is 21.1. The number of carbonyl (C=O) groups excluding carboxylic acids is 1. The van der Waals surface area contributed by atoms with Crippen LogP contribution in [0.4, 0.5) is 5.82 Å². The zero-order valence-corrected chi connectivity index (χ0v) is 14.5. The lowest BCUT2D eigenvalue weighted by Crippen LogP contribution is -2.09. The summed E-state index contributed by atoms with van der Waals surface area (Å²) in [6, 6.07) is 10.8. The lowest BCUT2D eigenvalue weighted by molar-refractivity contribution is -0.268. The van der Waals surface area contributed by atoms with Crippen LogP contribution in [0.15, 0.2) is 42.5 Å². The Labute approximate surface area is 157 Å². The van der Waals surface area contributed by atoms with Crippen molar-refractivity contribution in [3.8, 4) is 11.4 Å². The third kappa shape index (κ3) is 2.49. The molecule has 3 N–H and O–H groups in total. The van der Waals surface area contributed by atoms with Gasteiger partial charge in [0.1, 0.15) is 16.9 Å². The summed E-state index contributed by atoms with van der Waals surface area (Å²) >= 11 is 0. The number of para-hydroxylation sites is 2. The molecular weight excluding hydrogens is 364 g/mol. The van der Waals surface area contributed by atoms with Crippen LogP contribution in [0.3, 0.4) is 0 Å². The van der Waals surface area contributed by atoms with E-state index >= 15 is 0 Å². The molecule has 0 atom stereocenters. The van der Waals surface area contributed by atoms with Gasteiger partial charge in [-0.05, 0) is 24.3 Å². The maximum atomic E-state index is 12.3. The number of aromatic carboxylic acids is 1.